The van der Waals surface area contributed by atoms with Crippen molar-refractivity contribution >= 4 is 15.7 Å². The summed E-state index contributed by atoms with van der Waals surface area (Å²) in [6.07, 6.45) is 3.40. The van der Waals surface area contributed by atoms with Gasteiger partial charge in [0.2, 0.25) is 10.0 Å². The third-order valence-corrected chi connectivity index (χ3v) is 7.05. The molecule has 10 heteroatoms. The minimum Gasteiger partial charge on any atom is -0.454 e. The van der Waals surface area contributed by atoms with E-state index < -0.39 is 21.7 Å². The van der Waals surface area contributed by atoms with Gasteiger partial charge in [0.25, 0.3) is 0 Å². The summed E-state index contributed by atoms with van der Waals surface area (Å²) < 4.78 is 61.5. The number of benzene rings is 2. The molecule has 1 fully saturated rings. The predicted molar refractivity (Wildman–Crippen MR) is 123 cm³/mol. The summed E-state index contributed by atoms with van der Waals surface area (Å²) >= 11 is 0. The molecule has 0 radical (unpaired) electrons. The Morgan fingerprint density at radius 3 is 2.53 bits per heavy atom. The van der Waals surface area contributed by atoms with Gasteiger partial charge in [0.15, 0.2) is 17.4 Å². The number of rotatable bonds is 7. The number of fused-ring (bicyclic) bond motifs is 1. The lowest BCUT2D eigenvalue weighted by Gasteiger charge is -2.19. The number of sulfonamides is 1. The van der Waals surface area contributed by atoms with Crippen LogP contribution in [-0.2, 0) is 10.0 Å². The van der Waals surface area contributed by atoms with E-state index >= 15 is 0 Å². The fourth-order valence-electron chi connectivity index (χ4n) is 3.83. The second kappa shape index (κ2) is 8.28. The lowest BCUT2D eigenvalue weighted by atomic mass is 9.97. The van der Waals surface area contributed by atoms with Crippen LogP contribution in [0.3, 0.4) is 0 Å². The van der Waals surface area contributed by atoms with Gasteiger partial charge in [0.1, 0.15) is 11.6 Å². The molecule has 0 amide bonds. The average Bonchev–Trinajstić information content (AvgIpc) is 3.52. The van der Waals surface area contributed by atoms with Crippen LogP contribution in [0.5, 0.6) is 11.5 Å². The number of hydrogen-bond acceptors (Lipinski definition) is 5. The topological polar surface area (TPSA) is 93.5 Å². The molecule has 2 heterocycles. The summed E-state index contributed by atoms with van der Waals surface area (Å²) in [6.45, 7) is 1.52. The minimum absolute atomic E-state index is 0.111. The summed E-state index contributed by atoms with van der Waals surface area (Å²) in [4.78, 5) is 4.27. The maximum absolute atomic E-state index is 14.3. The number of aromatic nitrogens is 2. The molecule has 2 N–H and O–H groups in total. The summed E-state index contributed by atoms with van der Waals surface area (Å²) in [5.74, 6) is -1.16. The Bertz CT molecular complexity index is 1470. The zero-order valence-electron chi connectivity index (χ0n) is 18.1. The highest BCUT2D eigenvalue weighted by atomic mass is 32.2. The third kappa shape index (κ3) is 4.16. The summed E-state index contributed by atoms with van der Waals surface area (Å²) in [7, 11) is -3.55. The van der Waals surface area contributed by atoms with Crippen molar-refractivity contribution in [2.75, 3.05) is 10.5 Å². The minimum atomic E-state index is -3.55. The molecule has 3 aliphatic rings. The SMILES string of the molecule is CCS(=O)(=O)Nc1ccc(Oc2ccc(F)cc2F)c(-c2cc(C3CC3)n(O)c3nccc2-3)c1. The van der Waals surface area contributed by atoms with E-state index in [0.29, 0.717) is 33.9 Å². The van der Waals surface area contributed by atoms with E-state index in [9.17, 15) is 22.4 Å². The number of anilines is 1. The van der Waals surface area contributed by atoms with Gasteiger partial charge in [0, 0.05) is 35.0 Å². The second-order valence-electron chi connectivity index (χ2n) is 8.14. The van der Waals surface area contributed by atoms with Crippen LogP contribution in [0.1, 0.15) is 31.4 Å². The van der Waals surface area contributed by atoms with E-state index in [4.69, 9.17) is 4.74 Å². The molecule has 2 aromatic carbocycles. The first-order valence-electron chi connectivity index (χ1n) is 10.7. The second-order valence-corrected chi connectivity index (χ2v) is 10.2. The number of pyridine rings is 1. The van der Waals surface area contributed by atoms with Crippen molar-refractivity contribution in [2.45, 2.75) is 25.7 Å². The number of halogens is 2. The largest absolute Gasteiger partial charge is 0.454 e. The molecule has 0 spiro atoms. The quantitative estimate of drug-likeness (QED) is 0.332. The molecule has 34 heavy (non-hydrogen) atoms. The van der Waals surface area contributed by atoms with E-state index in [0.717, 1.165) is 29.7 Å². The van der Waals surface area contributed by atoms with E-state index in [2.05, 4.69) is 9.71 Å². The Morgan fingerprint density at radius 2 is 1.82 bits per heavy atom. The molecule has 2 aliphatic heterocycles. The fourth-order valence-corrected chi connectivity index (χ4v) is 4.46. The molecule has 0 atom stereocenters. The van der Waals surface area contributed by atoms with Gasteiger partial charge in [-0.1, -0.05) is 0 Å². The van der Waals surface area contributed by atoms with Crippen molar-refractivity contribution in [3.8, 4) is 34.0 Å². The Kier molecular flexibility index (Phi) is 5.40. The molecule has 5 rings (SSSR count). The van der Waals surface area contributed by atoms with Crippen LogP contribution in [0.25, 0.3) is 22.5 Å². The van der Waals surface area contributed by atoms with E-state index in [1.165, 1.54) is 25.1 Å². The molecule has 0 unspecified atom stereocenters. The van der Waals surface area contributed by atoms with Gasteiger partial charge in [0.05, 0.1) is 11.4 Å². The zero-order valence-corrected chi connectivity index (χ0v) is 18.9. The standard InChI is InChI=1S/C24H21F2N3O4S/c1-2-34(31,32)28-16-6-8-22(33-23-7-5-15(25)11-20(23)26)19(12-16)18-13-21(14-3-4-14)29(30)24-17(18)9-10-27-24/h5-14,28,30H,2-4H2,1H3. The van der Waals surface area contributed by atoms with Crippen molar-refractivity contribution in [1.29, 1.82) is 0 Å². The predicted octanol–water partition coefficient (Wildman–Crippen LogP) is 5.60. The van der Waals surface area contributed by atoms with E-state index in [1.807, 2.05) is 6.07 Å². The molecule has 0 saturated heterocycles. The first kappa shape index (κ1) is 22.1. The third-order valence-electron chi connectivity index (χ3n) is 5.74. The van der Waals surface area contributed by atoms with Crippen molar-refractivity contribution in [2.24, 2.45) is 0 Å². The smallest absolute Gasteiger partial charge is 0.232 e. The zero-order chi connectivity index (χ0) is 24.0. The van der Waals surface area contributed by atoms with Crippen LogP contribution >= 0.6 is 0 Å². The Hall–Kier alpha value is -3.66. The number of nitrogens with one attached hydrogen (secondary N) is 1. The number of ether oxygens (including phenoxy) is 1. The summed E-state index contributed by atoms with van der Waals surface area (Å²) in [5, 5.41) is 10.7. The Labute approximate surface area is 195 Å². The number of nitrogens with zero attached hydrogens (tertiary/aromatic N) is 2. The van der Waals surface area contributed by atoms with Gasteiger partial charge in [-0.2, -0.15) is 4.73 Å². The van der Waals surface area contributed by atoms with Crippen LogP contribution < -0.4 is 9.46 Å². The van der Waals surface area contributed by atoms with Crippen LogP contribution in [0.4, 0.5) is 14.5 Å². The first-order valence-corrected chi connectivity index (χ1v) is 12.4. The molecule has 1 saturated carbocycles. The highest BCUT2D eigenvalue weighted by Gasteiger charge is 2.31. The molecular weight excluding hydrogens is 464 g/mol. The first-order chi connectivity index (χ1) is 16.3. The molecular formula is C24H21F2N3O4S. The van der Waals surface area contributed by atoms with Crippen molar-refractivity contribution < 1.29 is 27.1 Å². The van der Waals surface area contributed by atoms with Crippen LogP contribution in [0, 0.1) is 11.6 Å². The van der Waals surface area contributed by atoms with Crippen molar-refractivity contribution in [3.05, 3.63) is 72.1 Å². The maximum atomic E-state index is 14.3. The van der Waals surface area contributed by atoms with Crippen molar-refractivity contribution in [1.82, 2.24) is 9.71 Å². The highest BCUT2D eigenvalue weighted by molar-refractivity contribution is 7.92. The summed E-state index contributed by atoms with van der Waals surface area (Å²) in [5.41, 5.74) is 2.66. The van der Waals surface area contributed by atoms with Gasteiger partial charge in [-0.05, 0) is 67.8 Å². The Morgan fingerprint density at radius 1 is 1.06 bits per heavy atom. The summed E-state index contributed by atoms with van der Waals surface area (Å²) in [6, 6.07) is 11.1. The molecule has 176 valence electrons. The fraction of sp³-hybridized carbons (Fsp3) is 0.208. The molecule has 7 nitrogen and oxygen atoms in total. The van der Waals surface area contributed by atoms with Gasteiger partial charge in [-0.25, -0.2) is 22.2 Å². The van der Waals surface area contributed by atoms with Crippen LogP contribution in [0.2, 0.25) is 0 Å². The van der Waals surface area contributed by atoms with Crippen molar-refractivity contribution in [3.63, 3.8) is 0 Å². The lowest BCUT2D eigenvalue weighted by molar-refractivity contribution is 0.177. The van der Waals surface area contributed by atoms with Crippen LogP contribution in [0.15, 0.2) is 54.7 Å². The monoisotopic (exact) mass is 485 g/mol. The van der Waals surface area contributed by atoms with E-state index in [-0.39, 0.29) is 23.2 Å². The highest BCUT2D eigenvalue weighted by Crippen LogP contribution is 2.47. The van der Waals surface area contributed by atoms with Gasteiger partial charge in [-0.3, -0.25) is 4.72 Å². The maximum Gasteiger partial charge on any atom is 0.232 e. The lowest BCUT2D eigenvalue weighted by Crippen LogP contribution is -2.14. The normalized spacial score (nSPS) is 13.9. The van der Waals surface area contributed by atoms with Gasteiger partial charge >= 0.3 is 0 Å². The van der Waals surface area contributed by atoms with Gasteiger partial charge in [-0.15, -0.1) is 0 Å². The van der Waals surface area contributed by atoms with Gasteiger partial charge < -0.3 is 9.94 Å². The number of hydrogen-bond donors (Lipinski definition) is 2. The van der Waals surface area contributed by atoms with E-state index in [1.54, 1.807) is 18.3 Å². The molecule has 2 aromatic rings. The van der Waals surface area contributed by atoms with Crippen LogP contribution in [-0.4, -0.2) is 29.1 Å². The Balaban J connectivity index is 1.69. The molecule has 0 bridgehead atoms. The molecule has 1 aliphatic carbocycles. The molecule has 0 aromatic heterocycles. The average molecular weight is 486 g/mol.